The minimum absolute atomic E-state index is 0.209. The van der Waals surface area contributed by atoms with Crippen LogP contribution in [0, 0.1) is 11.8 Å². The second-order valence-corrected chi connectivity index (χ2v) is 9.12. The minimum Gasteiger partial charge on any atom is -0.469 e. The molecule has 0 spiro atoms. The van der Waals surface area contributed by atoms with Crippen molar-refractivity contribution in [3.05, 3.63) is 23.7 Å². The van der Waals surface area contributed by atoms with E-state index < -0.39 is 10.2 Å². The average molecular weight is 370 g/mol. The summed E-state index contributed by atoms with van der Waals surface area (Å²) in [6.07, 6.45) is 2.12. The Balaban J connectivity index is 1.58. The zero-order chi connectivity index (χ0) is 18.2. The first-order valence-electron chi connectivity index (χ1n) is 8.70. The molecule has 3 rings (SSSR count). The van der Waals surface area contributed by atoms with Gasteiger partial charge in [0.1, 0.15) is 11.5 Å². The number of furan rings is 1. The molecule has 0 N–H and O–H groups in total. The molecule has 2 atom stereocenters. The minimum atomic E-state index is -3.57. The number of hydrogen-bond donors (Lipinski definition) is 0. The fraction of sp³-hybridized carbons (Fsp3) is 0.706. The third-order valence-electron chi connectivity index (χ3n) is 5.24. The van der Waals surface area contributed by atoms with Crippen LogP contribution >= 0.6 is 0 Å². The Bertz CT molecular complexity index is 721. The van der Waals surface area contributed by atoms with Crippen molar-refractivity contribution in [1.29, 1.82) is 0 Å². The van der Waals surface area contributed by atoms with Gasteiger partial charge in [-0.2, -0.15) is 17.0 Å². The molecule has 1 saturated carbocycles. The van der Waals surface area contributed by atoms with E-state index in [2.05, 4.69) is 6.92 Å². The zero-order valence-electron chi connectivity index (χ0n) is 15.0. The van der Waals surface area contributed by atoms with E-state index >= 15 is 0 Å². The van der Waals surface area contributed by atoms with Crippen LogP contribution in [-0.2, 0) is 26.3 Å². The third-order valence-corrected chi connectivity index (χ3v) is 7.18. The largest absolute Gasteiger partial charge is 0.469 e. The number of ether oxygens (including phenoxy) is 1. The van der Waals surface area contributed by atoms with Gasteiger partial charge in [-0.25, -0.2) is 0 Å². The van der Waals surface area contributed by atoms with Gasteiger partial charge in [0.2, 0.25) is 0 Å². The molecule has 1 aliphatic heterocycles. The van der Waals surface area contributed by atoms with E-state index in [0.29, 0.717) is 43.5 Å². The predicted octanol–water partition coefficient (Wildman–Crippen LogP) is 1.96. The number of nitrogens with zero attached hydrogens (tertiary/aromatic N) is 2. The van der Waals surface area contributed by atoms with Crippen LogP contribution in [0.25, 0.3) is 0 Å². The molecule has 2 heterocycles. The lowest BCUT2D eigenvalue weighted by Gasteiger charge is -2.32. The second-order valence-electron chi connectivity index (χ2n) is 7.08. The van der Waals surface area contributed by atoms with Crippen LogP contribution in [0.4, 0.5) is 0 Å². The molecule has 0 bridgehead atoms. The number of rotatable bonds is 6. The number of esters is 1. The number of hydrogen-bond acceptors (Lipinski definition) is 5. The maximum absolute atomic E-state index is 12.7. The highest BCUT2D eigenvalue weighted by Crippen LogP contribution is 2.47. The van der Waals surface area contributed by atoms with Crippen LogP contribution in [0.2, 0.25) is 0 Å². The molecule has 8 heteroatoms. The van der Waals surface area contributed by atoms with Crippen molar-refractivity contribution in [3.8, 4) is 0 Å². The van der Waals surface area contributed by atoms with Gasteiger partial charge in [-0.15, -0.1) is 0 Å². The van der Waals surface area contributed by atoms with Crippen molar-refractivity contribution in [2.24, 2.45) is 11.8 Å². The number of carbonyl (C=O) groups is 1. The summed E-state index contributed by atoms with van der Waals surface area (Å²) in [5.41, 5.74) is 0. The summed E-state index contributed by atoms with van der Waals surface area (Å²) in [4.78, 5) is 11.6. The first-order valence-corrected chi connectivity index (χ1v) is 10.1. The smallest absolute Gasteiger partial charge is 0.308 e. The van der Waals surface area contributed by atoms with Crippen molar-refractivity contribution in [2.45, 2.75) is 38.6 Å². The average Bonchev–Trinajstić information content (AvgIpc) is 3.15. The topological polar surface area (TPSA) is 80.1 Å². The molecule has 0 amide bonds. The van der Waals surface area contributed by atoms with Gasteiger partial charge in [-0.05, 0) is 37.3 Å². The summed E-state index contributed by atoms with van der Waals surface area (Å²) in [6.45, 7) is 3.05. The van der Waals surface area contributed by atoms with Crippen LogP contribution in [-0.4, -0.2) is 50.2 Å². The van der Waals surface area contributed by atoms with E-state index in [1.165, 1.54) is 15.7 Å². The molecular weight excluding hydrogens is 344 g/mol. The summed E-state index contributed by atoms with van der Waals surface area (Å²) < 4.78 is 38.8. The molecule has 1 aromatic heterocycles. The SMILES string of the molecule is COC(=O)C1CCN(S(=O)(=O)N(C)Cc2ccc(C3CC3C)o2)CC1. The molecular formula is C17H26N2O5S. The van der Waals surface area contributed by atoms with Gasteiger partial charge < -0.3 is 9.15 Å². The normalized spacial score (nSPS) is 25.3. The quantitative estimate of drug-likeness (QED) is 0.715. The Labute approximate surface area is 149 Å². The van der Waals surface area contributed by atoms with Crippen molar-refractivity contribution >= 4 is 16.2 Å². The third kappa shape index (κ3) is 3.91. The lowest BCUT2D eigenvalue weighted by atomic mass is 9.99. The van der Waals surface area contributed by atoms with Crippen molar-refractivity contribution in [1.82, 2.24) is 8.61 Å². The van der Waals surface area contributed by atoms with Gasteiger partial charge >= 0.3 is 5.97 Å². The standard InChI is InChI=1S/C17H26N2O5S/c1-12-10-15(12)16-5-4-14(24-16)11-18(2)25(21,22)19-8-6-13(7-9-19)17(20)23-3/h4-5,12-13,15H,6-11H2,1-3H3. The molecule has 1 saturated heterocycles. The van der Waals surface area contributed by atoms with Gasteiger partial charge in [-0.1, -0.05) is 6.92 Å². The van der Waals surface area contributed by atoms with Gasteiger partial charge in [0.15, 0.2) is 0 Å². The van der Waals surface area contributed by atoms with Crippen LogP contribution in [0.3, 0.4) is 0 Å². The second kappa shape index (κ2) is 7.09. The van der Waals surface area contributed by atoms with Crippen molar-refractivity contribution in [2.75, 3.05) is 27.2 Å². The van der Waals surface area contributed by atoms with E-state index in [1.54, 1.807) is 7.05 Å². The molecule has 2 aliphatic rings. The maximum Gasteiger partial charge on any atom is 0.308 e. The van der Waals surface area contributed by atoms with E-state index in [1.807, 2.05) is 12.1 Å². The van der Waals surface area contributed by atoms with Gasteiger partial charge in [-0.3, -0.25) is 4.79 Å². The maximum atomic E-state index is 12.7. The molecule has 1 aliphatic carbocycles. The van der Waals surface area contributed by atoms with Gasteiger partial charge in [0.05, 0.1) is 19.6 Å². The highest BCUT2D eigenvalue weighted by molar-refractivity contribution is 7.86. The predicted molar refractivity (Wildman–Crippen MR) is 91.9 cm³/mol. The zero-order valence-corrected chi connectivity index (χ0v) is 15.8. The number of carbonyl (C=O) groups excluding carboxylic acids is 1. The van der Waals surface area contributed by atoms with Gasteiger partial charge in [0, 0.05) is 26.1 Å². The lowest BCUT2D eigenvalue weighted by Crippen LogP contribution is -2.46. The molecule has 0 aromatic carbocycles. The highest BCUT2D eigenvalue weighted by Gasteiger charge is 2.37. The fourth-order valence-corrected chi connectivity index (χ4v) is 4.74. The van der Waals surface area contributed by atoms with Crippen LogP contribution in [0.5, 0.6) is 0 Å². The molecule has 140 valence electrons. The van der Waals surface area contributed by atoms with E-state index in [4.69, 9.17) is 9.15 Å². The summed E-state index contributed by atoms with van der Waals surface area (Å²) >= 11 is 0. The Morgan fingerprint density at radius 2 is 2.00 bits per heavy atom. The summed E-state index contributed by atoms with van der Waals surface area (Å²) in [5, 5.41) is 0. The fourth-order valence-electron chi connectivity index (χ4n) is 3.38. The Hall–Kier alpha value is -1.38. The van der Waals surface area contributed by atoms with E-state index in [0.717, 1.165) is 12.2 Å². The Kier molecular flexibility index (Phi) is 5.22. The first kappa shape index (κ1) is 18.4. The summed E-state index contributed by atoms with van der Waals surface area (Å²) in [7, 11) is -0.648. The highest BCUT2D eigenvalue weighted by atomic mass is 32.2. The molecule has 2 fully saturated rings. The lowest BCUT2D eigenvalue weighted by molar-refractivity contribution is -0.146. The number of piperidine rings is 1. The van der Waals surface area contributed by atoms with Crippen molar-refractivity contribution < 1.29 is 22.4 Å². The van der Waals surface area contributed by atoms with Crippen LogP contribution < -0.4 is 0 Å². The summed E-state index contributed by atoms with van der Waals surface area (Å²) in [5.74, 6) is 2.26. The van der Waals surface area contributed by atoms with Gasteiger partial charge in [0.25, 0.3) is 10.2 Å². The van der Waals surface area contributed by atoms with E-state index in [-0.39, 0.29) is 18.4 Å². The van der Waals surface area contributed by atoms with E-state index in [9.17, 15) is 13.2 Å². The molecule has 25 heavy (non-hydrogen) atoms. The number of methoxy groups -OCH3 is 1. The first-order chi connectivity index (χ1) is 11.8. The van der Waals surface area contributed by atoms with Crippen LogP contribution in [0.15, 0.2) is 16.5 Å². The Morgan fingerprint density at radius 3 is 2.56 bits per heavy atom. The molecule has 0 radical (unpaired) electrons. The summed E-state index contributed by atoms with van der Waals surface area (Å²) in [6, 6.07) is 3.81. The van der Waals surface area contributed by atoms with Crippen molar-refractivity contribution in [3.63, 3.8) is 0 Å². The monoisotopic (exact) mass is 370 g/mol. The van der Waals surface area contributed by atoms with Crippen LogP contribution in [0.1, 0.15) is 43.6 Å². The molecule has 7 nitrogen and oxygen atoms in total. The Morgan fingerprint density at radius 1 is 1.36 bits per heavy atom. The molecule has 1 aromatic rings. The molecule has 2 unspecified atom stereocenters.